The molecule has 0 atom stereocenters. The molecule has 3 aromatic rings. The predicted octanol–water partition coefficient (Wildman–Crippen LogP) is 4.96. The fourth-order valence-electron chi connectivity index (χ4n) is 2.79. The molecule has 2 aromatic carbocycles. The summed E-state index contributed by atoms with van der Waals surface area (Å²) in [6.07, 6.45) is 2.36. The quantitative estimate of drug-likeness (QED) is 0.593. The Morgan fingerprint density at radius 2 is 1.96 bits per heavy atom. The predicted molar refractivity (Wildman–Crippen MR) is 114 cm³/mol. The van der Waals surface area contributed by atoms with E-state index in [1.54, 1.807) is 37.6 Å². The lowest BCUT2D eigenvalue weighted by Gasteiger charge is -2.10. The van der Waals surface area contributed by atoms with Crippen molar-refractivity contribution in [2.75, 3.05) is 24.3 Å². The zero-order chi connectivity index (χ0) is 19.9. The van der Waals surface area contributed by atoms with Gasteiger partial charge in [0, 0.05) is 23.5 Å². The Bertz CT molecular complexity index is 958. The largest absolute Gasteiger partial charge is 0.496 e. The number of carbonyl (C=O) groups excluding carboxylic acids is 1. The topological polar surface area (TPSA) is 63.2 Å². The minimum Gasteiger partial charge on any atom is -0.496 e. The van der Waals surface area contributed by atoms with Gasteiger partial charge in [0.15, 0.2) is 0 Å². The fraction of sp³-hybridized carbons (Fsp3) is 0.182. The first-order chi connectivity index (χ1) is 13.6. The Morgan fingerprint density at radius 1 is 1.14 bits per heavy atom. The average Bonchev–Trinajstić information content (AvgIpc) is 2.71. The van der Waals surface area contributed by atoms with E-state index in [4.69, 9.17) is 16.3 Å². The SMILES string of the molecule is COc1ccccc1CCNc1ccc(C(=O)Nc2cc(Cl)ccc2C)cn1. The van der Waals surface area contributed by atoms with Crippen molar-refractivity contribution < 1.29 is 9.53 Å². The van der Waals surface area contributed by atoms with Crippen LogP contribution in [0.15, 0.2) is 60.8 Å². The summed E-state index contributed by atoms with van der Waals surface area (Å²) in [4.78, 5) is 16.8. The van der Waals surface area contributed by atoms with Gasteiger partial charge in [0.2, 0.25) is 0 Å². The van der Waals surface area contributed by atoms with Gasteiger partial charge < -0.3 is 15.4 Å². The van der Waals surface area contributed by atoms with Crippen LogP contribution in [0.1, 0.15) is 21.5 Å². The lowest BCUT2D eigenvalue weighted by molar-refractivity contribution is 0.102. The van der Waals surface area contributed by atoms with E-state index in [0.717, 1.165) is 23.3 Å². The van der Waals surface area contributed by atoms with Crippen LogP contribution in [0.5, 0.6) is 5.75 Å². The van der Waals surface area contributed by atoms with Gasteiger partial charge in [0.25, 0.3) is 5.91 Å². The molecule has 3 rings (SSSR count). The van der Waals surface area contributed by atoms with E-state index in [2.05, 4.69) is 15.6 Å². The van der Waals surface area contributed by atoms with Crippen LogP contribution in [0.25, 0.3) is 0 Å². The molecule has 5 nitrogen and oxygen atoms in total. The smallest absolute Gasteiger partial charge is 0.257 e. The first kappa shape index (κ1) is 19.7. The molecule has 1 aromatic heterocycles. The van der Waals surface area contributed by atoms with Gasteiger partial charge in [-0.3, -0.25) is 4.79 Å². The molecule has 2 N–H and O–H groups in total. The highest BCUT2D eigenvalue weighted by Gasteiger charge is 2.09. The molecule has 0 spiro atoms. The lowest BCUT2D eigenvalue weighted by Crippen LogP contribution is -2.13. The van der Waals surface area contributed by atoms with Crippen molar-refractivity contribution >= 4 is 29.0 Å². The van der Waals surface area contributed by atoms with Crippen LogP contribution in [0, 0.1) is 6.92 Å². The number of aryl methyl sites for hydroxylation is 1. The maximum absolute atomic E-state index is 12.4. The van der Waals surface area contributed by atoms with E-state index in [1.807, 2.05) is 37.3 Å². The van der Waals surface area contributed by atoms with Crippen LogP contribution >= 0.6 is 11.6 Å². The Balaban J connectivity index is 1.57. The standard InChI is InChI=1S/C22H22ClN3O2/c1-15-7-9-18(23)13-19(15)26-22(27)17-8-10-21(25-14-17)24-12-11-16-5-3-4-6-20(16)28-2/h3-10,13-14H,11-12H2,1-2H3,(H,24,25)(H,26,27). The summed E-state index contributed by atoms with van der Waals surface area (Å²) in [5, 5.41) is 6.70. The summed E-state index contributed by atoms with van der Waals surface area (Å²) in [6.45, 7) is 2.62. The summed E-state index contributed by atoms with van der Waals surface area (Å²) < 4.78 is 5.36. The number of nitrogens with one attached hydrogen (secondary N) is 2. The number of hydrogen-bond donors (Lipinski definition) is 2. The third kappa shape index (κ3) is 5.02. The number of rotatable bonds is 7. The summed E-state index contributed by atoms with van der Waals surface area (Å²) >= 11 is 6.00. The second-order valence-electron chi connectivity index (χ2n) is 6.33. The van der Waals surface area contributed by atoms with Crippen LogP contribution < -0.4 is 15.4 Å². The maximum atomic E-state index is 12.4. The number of methoxy groups -OCH3 is 1. The van der Waals surface area contributed by atoms with Crippen LogP contribution in [-0.4, -0.2) is 24.5 Å². The molecule has 1 amide bonds. The van der Waals surface area contributed by atoms with Crippen LogP contribution in [-0.2, 0) is 6.42 Å². The number of ether oxygens (including phenoxy) is 1. The fourth-order valence-corrected chi connectivity index (χ4v) is 2.96. The van der Waals surface area contributed by atoms with Crippen molar-refractivity contribution in [3.63, 3.8) is 0 Å². The first-order valence-electron chi connectivity index (χ1n) is 8.96. The van der Waals surface area contributed by atoms with Crippen molar-refractivity contribution in [1.29, 1.82) is 0 Å². The molecule has 144 valence electrons. The van der Waals surface area contributed by atoms with Gasteiger partial charge in [-0.05, 0) is 54.8 Å². The highest BCUT2D eigenvalue weighted by Crippen LogP contribution is 2.21. The molecule has 0 radical (unpaired) electrons. The number of carbonyl (C=O) groups is 1. The third-order valence-electron chi connectivity index (χ3n) is 4.37. The molecule has 0 aliphatic heterocycles. The minimum atomic E-state index is -0.224. The van der Waals surface area contributed by atoms with Gasteiger partial charge in [-0.1, -0.05) is 35.9 Å². The molecular weight excluding hydrogens is 374 g/mol. The van der Waals surface area contributed by atoms with Crippen LogP contribution in [0.2, 0.25) is 5.02 Å². The Morgan fingerprint density at radius 3 is 2.71 bits per heavy atom. The number of anilines is 2. The normalized spacial score (nSPS) is 10.4. The van der Waals surface area contributed by atoms with E-state index >= 15 is 0 Å². The number of benzene rings is 2. The Kier molecular flexibility index (Phi) is 6.50. The first-order valence-corrected chi connectivity index (χ1v) is 9.34. The van der Waals surface area contributed by atoms with Crippen LogP contribution in [0.3, 0.4) is 0 Å². The number of nitrogens with zero attached hydrogens (tertiary/aromatic N) is 1. The van der Waals surface area contributed by atoms with Crippen molar-refractivity contribution in [2.45, 2.75) is 13.3 Å². The molecule has 0 saturated heterocycles. The second kappa shape index (κ2) is 9.24. The second-order valence-corrected chi connectivity index (χ2v) is 6.77. The molecule has 0 saturated carbocycles. The zero-order valence-corrected chi connectivity index (χ0v) is 16.6. The monoisotopic (exact) mass is 395 g/mol. The molecular formula is C22H22ClN3O2. The molecule has 0 aliphatic carbocycles. The zero-order valence-electron chi connectivity index (χ0n) is 15.8. The van der Waals surface area contributed by atoms with E-state index in [9.17, 15) is 4.79 Å². The van der Waals surface area contributed by atoms with Crippen molar-refractivity contribution in [3.8, 4) is 5.75 Å². The molecule has 6 heteroatoms. The van der Waals surface area contributed by atoms with Gasteiger partial charge in [-0.2, -0.15) is 0 Å². The number of halogens is 1. The summed E-state index contributed by atoms with van der Waals surface area (Å²) in [7, 11) is 1.67. The molecule has 28 heavy (non-hydrogen) atoms. The summed E-state index contributed by atoms with van der Waals surface area (Å²) in [6, 6.07) is 16.9. The van der Waals surface area contributed by atoms with Gasteiger partial charge in [0.1, 0.15) is 11.6 Å². The van der Waals surface area contributed by atoms with Crippen LogP contribution in [0.4, 0.5) is 11.5 Å². The van der Waals surface area contributed by atoms with Crippen molar-refractivity contribution in [1.82, 2.24) is 4.98 Å². The summed E-state index contributed by atoms with van der Waals surface area (Å²) in [5.74, 6) is 1.37. The lowest BCUT2D eigenvalue weighted by atomic mass is 10.1. The minimum absolute atomic E-state index is 0.224. The number of para-hydroxylation sites is 1. The van der Waals surface area contributed by atoms with E-state index in [1.165, 1.54) is 0 Å². The number of pyridine rings is 1. The van der Waals surface area contributed by atoms with E-state index in [-0.39, 0.29) is 5.91 Å². The van der Waals surface area contributed by atoms with Gasteiger partial charge in [-0.15, -0.1) is 0 Å². The number of aromatic nitrogens is 1. The molecule has 0 bridgehead atoms. The van der Waals surface area contributed by atoms with Gasteiger partial charge in [-0.25, -0.2) is 4.98 Å². The van der Waals surface area contributed by atoms with E-state index in [0.29, 0.717) is 28.6 Å². The van der Waals surface area contributed by atoms with E-state index < -0.39 is 0 Å². The summed E-state index contributed by atoms with van der Waals surface area (Å²) in [5.41, 5.74) is 3.25. The maximum Gasteiger partial charge on any atom is 0.257 e. The van der Waals surface area contributed by atoms with Crippen molar-refractivity contribution in [3.05, 3.63) is 82.5 Å². The molecule has 0 aliphatic rings. The highest BCUT2D eigenvalue weighted by molar-refractivity contribution is 6.31. The number of hydrogen-bond acceptors (Lipinski definition) is 4. The molecule has 0 fully saturated rings. The Hall–Kier alpha value is -3.05. The van der Waals surface area contributed by atoms with Crippen molar-refractivity contribution in [2.24, 2.45) is 0 Å². The highest BCUT2D eigenvalue weighted by atomic mass is 35.5. The van der Waals surface area contributed by atoms with Gasteiger partial charge >= 0.3 is 0 Å². The average molecular weight is 396 g/mol. The van der Waals surface area contributed by atoms with Gasteiger partial charge in [0.05, 0.1) is 12.7 Å². The molecule has 0 unspecified atom stereocenters. The third-order valence-corrected chi connectivity index (χ3v) is 4.60. The number of amides is 1. The Labute approximate surface area is 169 Å². The molecule has 1 heterocycles.